The molecule has 1 aliphatic heterocycles. The Labute approximate surface area is 176 Å². The number of halogens is 3. The third-order valence-electron chi connectivity index (χ3n) is 4.13. The third-order valence-corrected chi connectivity index (χ3v) is 5.30. The molecule has 0 spiro atoms. The molecule has 1 unspecified atom stereocenters. The van der Waals surface area contributed by atoms with Gasteiger partial charge in [-0.2, -0.15) is 0 Å². The van der Waals surface area contributed by atoms with Gasteiger partial charge >= 0.3 is 0 Å². The lowest BCUT2D eigenvalue weighted by atomic mass is 10.2. The molecular formula is C19H19BrCl2N2O3. The smallest absolute Gasteiger partial charge is 0.265 e. The molecule has 144 valence electrons. The molecule has 0 radical (unpaired) electrons. The standard InChI is InChI=1S/C19H19BrCl2N2O3/c1-12(27-18-5-2-13(21)10-16(18)22)19(25)23-14-3-4-17(15(20)11-14)24-6-8-26-9-7-24/h2-5,10-12H,6-9H2,1H3,(H,23,25). The summed E-state index contributed by atoms with van der Waals surface area (Å²) in [5.41, 5.74) is 1.76. The summed E-state index contributed by atoms with van der Waals surface area (Å²) < 4.78 is 11.9. The zero-order valence-corrected chi connectivity index (χ0v) is 17.8. The molecule has 2 aromatic carbocycles. The van der Waals surface area contributed by atoms with Crippen LogP contribution in [0, 0.1) is 0 Å². The van der Waals surface area contributed by atoms with Crippen molar-refractivity contribution in [3.8, 4) is 5.75 Å². The molecular weight excluding hydrogens is 455 g/mol. The number of nitrogens with zero attached hydrogens (tertiary/aromatic N) is 1. The molecule has 27 heavy (non-hydrogen) atoms. The highest BCUT2D eigenvalue weighted by Crippen LogP contribution is 2.31. The number of benzene rings is 2. The fourth-order valence-electron chi connectivity index (χ4n) is 2.70. The predicted molar refractivity (Wildman–Crippen MR) is 112 cm³/mol. The first-order valence-corrected chi connectivity index (χ1v) is 10.0. The van der Waals surface area contributed by atoms with E-state index in [9.17, 15) is 4.79 Å². The second-order valence-electron chi connectivity index (χ2n) is 6.09. The number of hydrogen-bond donors (Lipinski definition) is 1. The van der Waals surface area contributed by atoms with Gasteiger partial charge in [-0.1, -0.05) is 23.2 Å². The first-order valence-electron chi connectivity index (χ1n) is 8.49. The van der Waals surface area contributed by atoms with Crippen LogP contribution in [0.5, 0.6) is 5.75 Å². The fraction of sp³-hybridized carbons (Fsp3) is 0.316. The van der Waals surface area contributed by atoms with Crippen molar-refractivity contribution in [1.82, 2.24) is 0 Å². The number of rotatable bonds is 5. The van der Waals surface area contributed by atoms with E-state index in [1.165, 1.54) is 0 Å². The molecule has 1 fully saturated rings. The van der Waals surface area contributed by atoms with Crippen LogP contribution in [0.1, 0.15) is 6.92 Å². The lowest BCUT2D eigenvalue weighted by Crippen LogP contribution is -2.36. The monoisotopic (exact) mass is 472 g/mol. The summed E-state index contributed by atoms with van der Waals surface area (Å²) in [4.78, 5) is 14.7. The van der Waals surface area contributed by atoms with Crippen LogP contribution in [0.25, 0.3) is 0 Å². The maximum absolute atomic E-state index is 12.4. The van der Waals surface area contributed by atoms with Crippen molar-refractivity contribution in [1.29, 1.82) is 0 Å². The molecule has 1 amide bonds. The molecule has 3 rings (SSSR count). The number of anilines is 2. The average Bonchev–Trinajstić information content (AvgIpc) is 2.64. The molecule has 0 saturated carbocycles. The van der Waals surface area contributed by atoms with Crippen molar-refractivity contribution in [2.75, 3.05) is 36.5 Å². The van der Waals surface area contributed by atoms with Gasteiger partial charge in [-0.3, -0.25) is 4.79 Å². The number of nitrogens with one attached hydrogen (secondary N) is 1. The minimum atomic E-state index is -0.721. The van der Waals surface area contributed by atoms with Crippen LogP contribution in [0.4, 0.5) is 11.4 Å². The average molecular weight is 474 g/mol. The Bertz CT molecular complexity index is 829. The number of morpholine rings is 1. The lowest BCUT2D eigenvalue weighted by molar-refractivity contribution is -0.122. The molecule has 0 aliphatic carbocycles. The first-order chi connectivity index (χ1) is 12.9. The minimum Gasteiger partial charge on any atom is -0.479 e. The van der Waals surface area contributed by atoms with Crippen molar-refractivity contribution < 1.29 is 14.3 Å². The van der Waals surface area contributed by atoms with Gasteiger partial charge in [0.1, 0.15) is 5.75 Å². The molecule has 0 bridgehead atoms. The molecule has 1 saturated heterocycles. The lowest BCUT2D eigenvalue weighted by Gasteiger charge is -2.29. The van der Waals surface area contributed by atoms with Crippen molar-refractivity contribution in [3.05, 3.63) is 50.9 Å². The highest BCUT2D eigenvalue weighted by molar-refractivity contribution is 9.10. The SMILES string of the molecule is CC(Oc1ccc(Cl)cc1Cl)C(=O)Nc1ccc(N2CCOCC2)c(Br)c1. The zero-order valence-electron chi connectivity index (χ0n) is 14.7. The van der Waals surface area contributed by atoms with Crippen LogP contribution in [-0.4, -0.2) is 38.3 Å². The fourth-order valence-corrected chi connectivity index (χ4v) is 3.79. The minimum absolute atomic E-state index is 0.271. The van der Waals surface area contributed by atoms with Gasteiger partial charge < -0.3 is 19.7 Å². The van der Waals surface area contributed by atoms with E-state index in [0.717, 1.165) is 23.2 Å². The molecule has 1 aliphatic rings. The van der Waals surface area contributed by atoms with Crippen molar-refractivity contribution >= 4 is 56.4 Å². The Morgan fingerprint density at radius 1 is 1.22 bits per heavy atom. The summed E-state index contributed by atoms with van der Waals surface area (Å²) in [6, 6.07) is 10.6. The number of ether oxygens (including phenoxy) is 2. The van der Waals surface area contributed by atoms with Crippen molar-refractivity contribution in [3.63, 3.8) is 0 Å². The third kappa shape index (κ3) is 5.29. The highest BCUT2D eigenvalue weighted by Gasteiger charge is 2.18. The maximum atomic E-state index is 12.4. The highest BCUT2D eigenvalue weighted by atomic mass is 79.9. The quantitative estimate of drug-likeness (QED) is 0.663. The van der Waals surface area contributed by atoms with Crippen molar-refractivity contribution in [2.24, 2.45) is 0 Å². The van der Waals surface area contributed by atoms with Gasteiger partial charge in [0.2, 0.25) is 0 Å². The van der Waals surface area contributed by atoms with E-state index in [0.29, 0.717) is 34.7 Å². The Morgan fingerprint density at radius 3 is 2.63 bits per heavy atom. The number of hydrogen-bond acceptors (Lipinski definition) is 4. The van der Waals surface area contributed by atoms with Gasteiger partial charge in [-0.05, 0) is 59.3 Å². The second-order valence-corrected chi connectivity index (χ2v) is 7.79. The van der Waals surface area contributed by atoms with Crippen LogP contribution < -0.4 is 15.0 Å². The topological polar surface area (TPSA) is 50.8 Å². The zero-order chi connectivity index (χ0) is 19.4. The molecule has 1 N–H and O–H groups in total. The van der Waals surface area contributed by atoms with E-state index in [-0.39, 0.29) is 5.91 Å². The van der Waals surface area contributed by atoms with E-state index in [1.54, 1.807) is 25.1 Å². The Balaban J connectivity index is 1.63. The normalized spacial score (nSPS) is 15.3. The Morgan fingerprint density at radius 2 is 1.96 bits per heavy atom. The molecule has 8 heteroatoms. The van der Waals surface area contributed by atoms with Crippen LogP contribution in [0.3, 0.4) is 0 Å². The molecule has 1 heterocycles. The summed E-state index contributed by atoms with van der Waals surface area (Å²) >= 11 is 15.5. The second kappa shape index (κ2) is 9.15. The number of amides is 1. The van der Waals surface area contributed by atoms with Crippen LogP contribution in [0.15, 0.2) is 40.9 Å². The largest absolute Gasteiger partial charge is 0.479 e. The van der Waals surface area contributed by atoms with Gasteiger partial charge in [0.15, 0.2) is 6.10 Å². The van der Waals surface area contributed by atoms with Gasteiger partial charge in [0, 0.05) is 28.3 Å². The van der Waals surface area contributed by atoms with E-state index in [1.807, 2.05) is 18.2 Å². The molecule has 5 nitrogen and oxygen atoms in total. The number of carbonyl (C=O) groups excluding carboxylic acids is 1. The maximum Gasteiger partial charge on any atom is 0.265 e. The van der Waals surface area contributed by atoms with E-state index in [2.05, 4.69) is 26.1 Å². The predicted octanol–water partition coefficient (Wildman–Crippen LogP) is 5.00. The first kappa shape index (κ1) is 20.3. The molecule has 2 aromatic rings. The summed E-state index contributed by atoms with van der Waals surface area (Å²) in [6.45, 7) is 4.78. The molecule has 1 atom stereocenters. The van der Waals surface area contributed by atoms with E-state index < -0.39 is 6.10 Å². The van der Waals surface area contributed by atoms with E-state index >= 15 is 0 Å². The summed E-state index contributed by atoms with van der Waals surface area (Å²) in [5.74, 6) is 0.139. The molecule has 0 aromatic heterocycles. The summed E-state index contributed by atoms with van der Waals surface area (Å²) in [6.07, 6.45) is -0.721. The number of carbonyl (C=O) groups is 1. The van der Waals surface area contributed by atoms with Gasteiger partial charge in [-0.15, -0.1) is 0 Å². The van der Waals surface area contributed by atoms with Crippen molar-refractivity contribution in [2.45, 2.75) is 13.0 Å². The van der Waals surface area contributed by atoms with Gasteiger partial charge in [-0.25, -0.2) is 0 Å². The van der Waals surface area contributed by atoms with Crippen LogP contribution in [-0.2, 0) is 9.53 Å². The van der Waals surface area contributed by atoms with Gasteiger partial charge in [0.05, 0.1) is 23.9 Å². The van der Waals surface area contributed by atoms with Crippen LogP contribution >= 0.6 is 39.1 Å². The van der Waals surface area contributed by atoms with Gasteiger partial charge in [0.25, 0.3) is 5.91 Å². The Kier molecular flexibility index (Phi) is 6.87. The summed E-state index contributed by atoms with van der Waals surface area (Å²) in [5, 5.41) is 3.73. The summed E-state index contributed by atoms with van der Waals surface area (Å²) in [7, 11) is 0. The van der Waals surface area contributed by atoms with Crippen LogP contribution in [0.2, 0.25) is 10.0 Å². The Hall–Kier alpha value is -1.47. The van der Waals surface area contributed by atoms with E-state index in [4.69, 9.17) is 32.7 Å².